The molecule has 240 valence electrons. The summed E-state index contributed by atoms with van der Waals surface area (Å²) in [7, 11) is -10.7. The number of rotatable bonds is 11. The second-order valence-electron chi connectivity index (χ2n) is 9.69. The fraction of sp³-hybridized carbons (Fsp3) is 0.476. The monoisotopic (exact) mass is 680 g/mol. The molecule has 0 bridgehead atoms. The zero-order valence-corrected chi connectivity index (χ0v) is 24.8. The Balaban J connectivity index is 1.16. The molecule has 10 unspecified atom stereocenters. The first kappa shape index (κ1) is 32.8. The molecular formula is C21H28N7O13P2S+. The van der Waals surface area contributed by atoms with Gasteiger partial charge in [-0.15, -0.1) is 0 Å². The Kier molecular flexibility index (Phi) is 9.44. The number of hydrogen-bond donors (Lipinski definition) is 8. The van der Waals surface area contributed by atoms with Gasteiger partial charge in [-0.05, 0) is 6.07 Å². The molecule has 0 spiro atoms. The number of imidazole rings is 1. The number of nitrogens with two attached hydrogens (primary N) is 2. The molecule has 0 aliphatic carbocycles. The fourth-order valence-electron chi connectivity index (χ4n) is 4.58. The Morgan fingerprint density at radius 3 is 2.30 bits per heavy atom. The Morgan fingerprint density at radius 2 is 1.64 bits per heavy atom. The molecular weight excluding hydrogens is 652 g/mol. The topological polar surface area (TPSA) is 301 Å². The molecule has 5 rings (SSSR count). The number of thiocarbonyl (C=S) groups is 1. The van der Waals surface area contributed by atoms with E-state index in [1.165, 1.54) is 27.9 Å². The molecule has 2 saturated heterocycles. The average molecular weight is 681 g/mol. The minimum Gasteiger partial charge on any atom is -0.389 e. The number of ether oxygens (including phenoxy) is 2. The summed E-state index contributed by atoms with van der Waals surface area (Å²) in [5, 5.41) is 41.7. The summed E-state index contributed by atoms with van der Waals surface area (Å²) in [6, 6.07) is 3.18. The summed E-state index contributed by atoms with van der Waals surface area (Å²) in [6.45, 7) is -1.74. The number of pyridine rings is 1. The van der Waals surface area contributed by atoms with Gasteiger partial charge in [0.1, 0.15) is 47.4 Å². The van der Waals surface area contributed by atoms with Crippen LogP contribution in [-0.4, -0.2) is 105 Å². The Labute approximate surface area is 252 Å². The maximum Gasteiger partial charge on any atom is 0.481 e. The Hall–Kier alpha value is -2.59. The number of aromatic nitrogens is 5. The lowest BCUT2D eigenvalue weighted by Crippen LogP contribution is -2.46. The van der Waals surface area contributed by atoms with Crippen LogP contribution < -0.4 is 16.0 Å². The second kappa shape index (κ2) is 12.7. The van der Waals surface area contributed by atoms with E-state index in [2.05, 4.69) is 19.3 Å². The van der Waals surface area contributed by atoms with Crippen LogP contribution in [0.15, 0.2) is 37.2 Å². The van der Waals surface area contributed by atoms with Crippen LogP contribution in [0.4, 0.5) is 5.82 Å². The van der Waals surface area contributed by atoms with Crippen molar-refractivity contribution in [3.05, 3.63) is 42.7 Å². The van der Waals surface area contributed by atoms with Crippen molar-refractivity contribution in [2.75, 3.05) is 18.9 Å². The molecule has 0 aromatic carbocycles. The molecule has 0 saturated carbocycles. The number of phosphoric acid groups is 2. The predicted octanol–water partition coefficient (Wildman–Crippen LogP) is -2.48. The summed E-state index contributed by atoms with van der Waals surface area (Å²) in [6.07, 6.45) is -6.22. The van der Waals surface area contributed by atoms with Crippen LogP contribution in [0.3, 0.4) is 0 Å². The average Bonchev–Trinajstić information content (AvgIpc) is 3.61. The van der Waals surface area contributed by atoms with Crippen LogP contribution in [0.5, 0.6) is 0 Å². The predicted molar refractivity (Wildman–Crippen MR) is 147 cm³/mol. The first-order chi connectivity index (χ1) is 20.7. The minimum absolute atomic E-state index is 0.0574. The van der Waals surface area contributed by atoms with Gasteiger partial charge in [-0.2, -0.15) is 8.88 Å². The first-order valence-corrected chi connectivity index (χ1v) is 16.0. The van der Waals surface area contributed by atoms with Gasteiger partial charge in [0.05, 0.1) is 25.1 Å². The van der Waals surface area contributed by atoms with Gasteiger partial charge in [-0.25, -0.2) is 24.1 Å². The normalized spacial score (nSPS) is 31.6. The van der Waals surface area contributed by atoms with E-state index in [1.54, 1.807) is 12.1 Å². The SMILES string of the molecule is NC(=S)c1ccc[n+](C2OC(COP(=O)(O)OP(=O)(O)OCC3OC(n4cnc5c(N)ncnc54)C(O)C3O)C(O)C2O)c1. The summed E-state index contributed by atoms with van der Waals surface area (Å²) < 4.78 is 52.4. The summed E-state index contributed by atoms with van der Waals surface area (Å²) >= 11 is 4.92. The lowest BCUT2D eigenvalue weighted by atomic mass is 10.1. The highest BCUT2D eigenvalue weighted by Crippen LogP contribution is 2.60. The third kappa shape index (κ3) is 6.81. The van der Waals surface area contributed by atoms with Crippen molar-refractivity contribution >= 4 is 49.8 Å². The molecule has 20 nitrogen and oxygen atoms in total. The lowest BCUT2D eigenvalue weighted by molar-refractivity contribution is -0.765. The molecule has 10 N–H and O–H groups in total. The summed E-state index contributed by atoms with van der Waals surface area (Å²) in [4.78, 5) is 32.0. The molecule has 2 fully saturated rings. The van der Waals surface area contributed by atoms with Crippen molar-refractivity contribution in [2.24, 2.45) is 5.73 Å². The van der Waals surface area contributed by atoms with Gasteiger partial charge in [-0.3, -0.25) is 13.6 Å². The highest BCUT2D eigenvalue weighted by atomic mass is 32.1. The molecule has 5 heterocycles. The van der Waals surface area contributed by atoms with Gasteiger partial charge < -0.3 is 51.2 Å². The van der Waals surface area contributed by atoms with Gasteiger partial charge in [0.25, 0.3) is 6.23 Å². The zero-order valence-electron chi connectivity index (χ0n) is 22.2. The van der Waals surface area contributed by atoms with Gasteiger partial charge in [0, 0.05) is 6.07 Å². The molecule has 0 radical (unpaired) electrons. The fourth-order valence-corrected chi connectivity index (χ4v) is 6.79. The zero-order chi connectivity index (χ0) is 32.0. The molecule has 2 aliphatic heterocycles. The standard InChI is InChI=1S/C21H27N7O13P2S/c22-17-12-19(25-7-24-17)28(8-26-12)21-16(32)14(30)11(40-21)6-38-43(35,36)41-42(33,34)37-5-10-13(29)15(31)20(39-10)27-3-1-2-9(4-27)18(23)44/h1-4,7-8,10-11,13-16,20-21,29-32H,5-6H2,(H5-,22,23,24,25,33,34,35,36,44)/p+1. The number of nitrogen functional groups attached to an aromatic ring is 1. The van der Waals surface area contributed by atoms with Crippen molar-refractivity contribution in [1.82, 2.24) is 19.5 Å². The largest absolute Gasteiger partial charge is 0.481 e. The molecule has 23 heteroatoms. The number of aliphatic hydroxyl groups is 4. The minimum atomic E-state index is -5.35. The van der Waals surface area contributed by atoms with E-state index < -0.39 is 77.9 Å². The third-order valence-corrected chi connectivity index (χ3v) is 9.58. The van der Waals surface area contributed by atoms with Gasteiger partial charge in [-0.1, -0.05) is 12.2 Å². The number of fused-ring (bicyclic) bond motifs is 1. The van der Waals surface area contributed by atoms with Crippen LogP contribution in [0, 0.1) is 0 Å². The van der Waals surface area contributed by atoms with E-state index in [0.29, 0.717) is 5.56 Å². The quantitative estimate of drug-likeness (QED) is 0.0590. The summed E-state index contributed by atoms with van der Waals surface area (Å²) in [5.74, 6) is 0.0574. The van der Waals surface area contributed by atoms with Crippen molar-refractivity contribution in [3.8, 4) is 0 Å². The van der Waals surface area contributed by atoms with Crippen molar-refractivity contribution in [1.29, 1.82) is 0 Å². The van der Waals surface area contributed by atoms with E-state index in [1.807, 2.05) is 0 Å². The molecule has 44 heavy (non-hydrogen) atoms. The van der Waals surface area contributed by atoms with Crippen LogP contribution in [0.2, 0.25) is 0 Å². The highest BCUT2D eigenvalue weighted by Gasteiger charge is 2.50. The van der Waals surface area contributed by atoms with Crippen molar-refractivity contribution in [3.63, 3.8) is 0 Å². The first-order valence-electron chi connectivity index (χ1n) is 12.6. The lowest BCUT2D eigenvalue weighted by Gasteiger charge is -2.20. The molecule has 3 aromatic heterocycles. The van der Waals surface area contributed by atoms with Crippen molar-refractivity contribution < 1.29 is 66.7 Å². The third-order valence-electron chi connectivity index (χ3n) is 6.75. The molecule has 0 amide bonds. The maximum absolute atomic E-state index is 12.4. The van der Waals surface area contributed by atoms with E-state index >= 15 is 0 Å². The Bertz CT molecular complexity index is 1630. The molecule has 2 aliphatic rings. The van der Waals surface area contributed by atoms with E-state index in [9.17, 15) is 39.3 Å². The van der Waals surface area contributed by atoms with Crippen LogP contribution in [-0.2, 0) is 32.0 Å². The number of hydrogen-bond acceptors (Lipinski definition) is 16. The number of phosphoric ester groups is 2. The van der Waals surface area contributed by atoms with Crippen LogP contribution in [0.1, 0.15) is 18.0 Å². The number of aliphatic hydroxyl groups excluding tert-OH is 4. The number of nitrogens with zero attached hydrogens (tertiary/aromatic N) is 5. The van der Waals surface area contributed by atoms with Crippen LogP contribution >= 0.6 is 27.9 Å². The maximum atomic E-state index is 12.4. The highest BCUT2D eigenvalue weighted by molar-refractivity contribution is 7.80. The van der Waals surface area contributed by atoms with Crippen LogP contribution in [0.25, 0.3) is 11.2 Å². The Morgan fingerprint density at radius 1 is 1.00 bits per heavy atom. The second-order valence-corrected chi connectivity index (χ2v) is 13.2. The smallest absolute Gasteiger partial charge is 0.389 e. The van der Waals surface area contributed by atoms with Gasteiger partial charge in [0.2, 0.25) is 0 Å². The van der Waals surface area contributed by atoms with E-state index in [4.69, 9.17) is 42.2 Å². The van der Waals surface area contributed by atoms with Crippen molar-refractivity contribution in [2.45, 2.75) is 49.1 Å². The molecule has 10 atom stereocenters. The van der Waals surface area contributed by atoms with E-state index in [0.717, 1.165) is 6.33 Å². The summed E-state index contributed by atoms with van der Waals surface area (Å²) in [5.41, 5.74) is 12.2. The van der Waals surface area contributed by atoms with Gasteiger partial charge in [0.15, 0.2) is 36.2 Å². The number of anilines is 1. The van der Waals surface area contributed by atoms with E-state index in [-0.39, 0.29) is 22.0 Å². The molecule has 3 aromatic rings. The van der Waals surface area contributed by atoms with Gasteiger partial charge >= 0.3 is 15.6 Å².